The Labute approximate surface area is 209 Å². The van der Waals surface area contributed by atoms with Gasteiger partial charge in [0.05, 0.1) is 12.6 Å². The fourth-order valence-electron chi connectivity index (χ4n) is 3.19. The van der Waals surface area contributed by atoms with Gasteiger partial charge in [-0.1, -0.05) is 26.0 Å². The molecule has 0 aliphatic rings. The van der Waals surface area contributed by atoms with E-state index in [0.717, 1.165) is 0 Å². The normalized spacial score (nSPS) is 14.5. The number of carboxylic acid groups (broad SMARTS) is 1. The third kappa shape index (κ3) is 11.0. The van der Waals surface area contributed by atoms with Gasteiger partial charge in [0, 0.05) is 0 Å². The van der Waals surface area contributed by atoms with Gasteiger partial charge in [-0.2, -0.15) is 11.8 Å². The van der Waals surface area contributed by atoms with Gasteiger partial charge in [-0.25, -0.2) is 4.79 Å². The summed E-state index contributed by atoms with van der Waals surface area (Å²) in [6, 6.07) is 1.59. The number of phenolic OH excluding ortho intramolecular Hbond substituents is 1. The van der Waals surface area contributed by atoms with Crippen LogP contribution in [0.2, 0.25) is 0 Å². The first kappa shape index (κ1) is 30.2. The number of carboxylic acids is 1. The number of amides is 3. The van der Waals surface area contributed by atoms with E-state index < -0.39 is 54.5 Å². The monoisotopic (exact) mass is 512 g/mol. The number of carbonyl (C=O) groups excluding carboxylic acids is 3. The van der Waals surface area contributed by atoms with E-state index in [2.05, 4.69) is 16.0 Å². The van der Waals surface area contributed by atoms with E-state index in [-0.39, 0.29) is 30.9 Å². The quantitative estimate of drug-likeness (QED) is 0.164. The number of aliphatic hydroxyl groups excluding tert-OH is 1. The number of aliphatic carboxylic acids is 1. The molecule has 0 radical (unpaired) electrons. The number of benzene rings is 1. The number of rotatable bonds is 15. The minimum Gasteiger partial charge on any atom is -0.508 e. The number of phenols is 1. The molecule has 4 unspecified atom stereocenters. The molecule has 1 aromatic rings. The van der Waals surface area contributed by atoms with Crippen LogP contribution in [0.4, 0.5) is 0 Å². The molecule has 0 fully saturated rings. The summed E-state index contributed by atoms with van der Waals surface area (Å²) in [6.07, 6.45) is 2.40. The van der Waals surface area contributed by atoms with Crippen molar-refractivity contribution < 1.29 is 34.5 Å². The summed E-state index contributed by atoms with van der Waals surface area (Å²) in [4.78, 5) is 49.5. The molecular weight excluding hydrogens is 476 g/mol. The highest BCUT2D eigenvalue weighted by atomic mass is 32.2. The van der Waals surface area contributed by atoms with E-state index in [1.165, 1.54) is 23.9 Å². The first-order valence-electron chi connectivity index (χ1n) is 11.3. The molecule has 0 aromatic heterocycles. The second-order valence-corrected chi connectivity index (χ2v) is 9.58. The molecule has 4 atom stereocenters. The molecule has 0 bridgehead atoms. The number of aliphatic hydroxyl groups is 1. The van der Waals surface area contributed by atoms with Gasteiger partial charge in [-0.3, -0.25) is 14.4 Å². The first-order valence-corrected chi connectivity index (χ1v) is 12.6. The summed E-state index contributed by atoms with van der Waals surface area (Å²) in [6.45, 7) is 2.94. The Morgan fingerprint density at radius 2 is 1.49 bits per heavy atom. The molecule has 0 heterocycles. The van der Waals surface area contributed by atoms with Crippen molar-refractivity contribution in [3.63, 3.8) is 0 Å². The van der Waals surface area contributed by atoms with Crippen molar-refractivity contribution >= 4 is 35.5 Å². The van der Waals surface area contributed by atoms with Crippen LogP contribution in [0.15, 0.2) is 24.3 Å². The molecule has 0 saturated heterocycles. The molecule has 11 nitrogen and oxygen atoms in total. The van der Waals surface area contributed by atoms with Crippen LogP contribution in [-0.4, -0.2) is 81.8 Å². The maximum Gasteiger partial charge on any atom is 0.326 e. The van der Waals surface area contributed by atoms with Gasteiger partial charge < -0.3 is 37.0 Å². The summed E-state index contributed by atoms with van der Waals surface area (Å²) >= 11 is 1.45. The number of hydrogen-bond donors (Lipinski definition) is 7. The fraction of sp³-hybridized carbons (Fsp3) is 0.565. The summed E-state index contributed by atoms with van der Waals surface area (Å²) in [5, 5.41) is 35.7. The van der Waals surface area contributed by atoms with Crippen LogP contribution in [0.25, 0.3) is 0 Å². The smallest absolute Gasteiger partial charge is 0.326 e. The zero-order chi connectivity index (χ0) is 26.5. The predicted molar refractivity (Wildman–Crippen MR) is 133 cm³/mol. The summed E-state index contributed by atoms with van der Waals surface area (Å²) in [7, 11) is 0. The molecule has 12 heteroatoms. The molecule has 3 amide bonds. The lowest BCUT2D eigenvalue weighted by Crippen LogP contribution is -2.58. The topological polar surface area (TPSA) is 191 Å². The van der Waals surface area contributed by atoms with Crippen LogP contribution in [0, 0.1) is 5.92 Å². The van der Waals surface area contributed by atoms with Crippen molar-refractivity contribution in [1.29, 1.82) is 0 Å². The van der Waals surface area contributed by atoms with Crippen molar-refractivity contribution in [2.24, 2.45) is 11.7 Å². The lowest BCUT2D eigenvalue weighted by molar-refractivity contribution is -0.142. The molecule has 0 aliphatic carbocycles. The van der Waals surface area contributed by atoms with Crippen molar-refractivity contribution in [2.45, 2.75) is 57.3 Å². The van der Waals surface area contributed by atoms with Crippen LogP contribution < -0.4 is 21.7 Å². The Morgan fingerprint density at radius 3 is 2.00 bits per heavy atom. The van der Waals surface area contributed by atoms with Gasteiger partial charge in [0.15, 0.2) is 0 Å². The van der Waals surface area contributed by atoms with E-state index in [0.29, 0.717) is 11.3 Å². The van der Waals surface area contributed by atoms with Crippen LogP contribution in [-0.2, 0) is 25.6 Å². The number of carbonyl (C=O) groups is 4. The van der Waals surface area contributed by atoms with Gasteiger partial charge >= 0.3 is 5.97 Å². The molecular formula is C23H36N4O7S. The predicted octanol–water partition coefficient (Wildman–Crippen LogP) is -0.407. The van der Waals surface area contributed by atoms with E-state index in [1.54, 1.807) is 12.1 Å². The fourth-order valence-corrected chi connectivity index (χ4v) is 3.66. The second kappa shape index (κ2) is 15.2. The van der Waals surface area contributed by atoms with E-state index in [4.69, 9.17) is 5.73 Å². The third-order valence-electron chi connectivity index (χ3n) is 5.11. The largest absolute Gasteiger partial charge is 0.508 e. The molecule has 0 spiro atoms. The maximum absolute atomic E-state index is 12.8. The summed E-state index contributed by atoms with van der Waals surface area (Å²) in [5.74, 6) is -2.72. The number of hydrogen-bond acceptors (Lipinski definition) is 8. The van der Waals surface area contributed by atoms with Crippen LogP contribution in [0.3, 0.4) is 0 Å². The van der Waals surface area contributed by atoms with Gasteiger partial charge in [-0.15, -0.1) is 0 Å². The molecule has 0 saturated carbocycles. The molecule has 35 heavy (non-hydrogen) atoms. The zero-order valence-electron chi connectivity index (χ0n) is 20.2. The lowest BCUT2D eigenvalue weighted by Gasteiger charge is -2.25. The molecule has 196 valence electrons. The van der Waals surface area contributed by atoms with Gasteiger partial charge in [0.1, 0.15) is 23.9 Å². The van der Waals surface area contributed by atoms with Gasteiger partial charge in [0.2, 0.25) is 17.7 Å². The summed E-state index contributed by atoms with van der Waals surface area (Å²) < 4.78 is 0. The highest BCUT2D eigenvalue weighted by Crippen LogP contribution is 2.11. The van der Waals surface area contributed by atoms with Crippen molar-refractivity contribution in [1.82, 2.24) is 16.0 Å². The number of nitrogens with two attached hydrogens (primary N) is 1. The minimum atomic E-state index is -1.36. The highest BCUT2D eigenvalue weighted by molar-refractivity contribution is 7.98. The Hall–Kier alpha value is -2.83. The van der Waals surface area contributed by atoms with Crippen LogP contribution in [0.5, 0.6) is 5.75 Å². The standard InChI is InChI=1S/C23H36N4O7S/c1-13(2)10-18(21(31)25-17(23(33)34)8-9-35-3)26-22(32)19(12-28)27-20(30)16(24)11-14-4-6-15(29)7-5-14/h4-7,13,16-19,28-29H,8-12,24H2,1-3H3,(H,25,31)(H,26,32)(H,27,30)(H,33,34). The Balaban J connectivity index is 2.82. The zero-order valence-corrected chi connectivity index (χ0v) is 21.0. The van der Waals surface area contributed by atoms with Crippen LogP contribution >= 0.6 is 11.8 Å². The average Bonchev–Trinajstić information content (AvgIpc) is 2.80. The molecule has 1 aromatic carbocycles. The minimum absolute atomic E-state index is 0.0126. The number of aromatic hydroxyl groups is 1. The molecule has 0 aliphatic heterocycles. The highest BCUT2D eigenvalue weighted by Gasteiger charge is 2.30. The van der Waals surface area contributed by atoms with Gasteiger partial charge in [-0.05, 0) is 54.9 Å². The van der Waals surface area contributed by atoms with Crippen molar-refractivity contribution in [3.05, 3.63) is 29.8 Å². The summed E-state index contributed by atoms with van der Waals surface area (Å²) in [5.41, 5.74) is 6.61. The number of thioether (sulfide) groups is 1. The first-order chi connectivity index (χ1) is 16.5. The van der Waals surface area contributed by atoms with Gasteiger partial charge in [0.25, 0.3) is 0 Å². The van der Waals surface area contributed by atoms with Crippen LogP contribution in [0.1, 0.15) is 32.3 Å². The maximum atomic E-state index is 12.8. The van der Waals surface area contributed by atoms with Crippen molar-refractivity contribution in [3.8, 4) is 5.75 Å². The SMILES string of the molecule is CSCCC(NC(=O)C(CC(C)C)NC(=O)C(CO)NC(=O)C(N)Cc1ccc(O)cc1)C(=O)O. The number of nitrogens with one attached hydrogen (secondary N) is 3. The Kier molecular flexibility index (Phi) is 13.1. The Bertz CT molecular complexity index is 851. The second-order valence-electron chi connectivity index (χ2n) is 8.59. The Morgan fingerprint density at radius 1 is 0.943 bits per heavy atom. The third-order valence-corrected chi connectivity index (χ3v) is 5.75. The van der Waals surface area contributed by atoms with E-state index in [1.807, 2.05) is 20.1 Å². The lowest BCUT2D eigenvalue weighted by atomic mass is 10.0. The molecule has 1 rings (SSSR count). The van der Waals surface area contributed by atoms with E-state index in [9.17, 15) is 34.5 Å². The van der Waals surface area contributed by atoms with E-state index >= 15 is 0 Å². The molecule has 8 N–H and O–H groups in total. The average molecular weight is 513 g/mol. The van der Waals surface area contributed by atoms with Crippen molar-refractivity contribution in [2.75, 3.05) is 18.6 Å².